The van der Waals surface area contributed by atoms with E-state index in [1.54, 1.807) is 0 Å². The van der Waals surface area contributed by atoms with E-state index < -0.39 is 97.5 Å². The molecule has 0 aromatic carbocycles. The van der Waals surface area contributed by atoms with Gasteiger partial charge in [-0.15, -0.1) is 0 Å². The molecule has 0 aliphatic heterocycles. The number of allylic oxidation sites excluding steroid dienone is 4. The van der Waals surface area contributed by atoms with Gasteiger partial charge in [0.05, 0.1) is 26.4 Å². The van der Waals surface area contributed by atoms with Crippen LogP contribution >= 0.6 is 15.6 Å². The summed E-state index contributed by atoms with van der Waals surface area (Å²) in [5, 5.41) is 10.6. The SMILES string of the molecule is CCCCCC/C=C\C=C/CCCCCCCC(=O)OC[C@H](COP(=O)(O)OC[C@@H](O)COP(=O)(O)OC[C@@H](COC(=O)CCCCCCC)OC(=O)CCCCCCCCCCCCCCCCC)OC(=O)CCCCCCCCCCCCCCCCCC(C)C. The first-order valence-electron chi connectivity index (χ1n) is 38.0. The van der Waals surface area contributed by atoms with Crippen molar-refractivity contribution in [3.05, 3.63) is 24.3 Å². The molecule has 0 aliphatic rings. The highest BCUT2D eigenvalue weighted by molar-refractivity contribution is 7.47. The first-order chi connectivity index (χ1) is 45.0. The van der Waals surface area contributed by atoms with Crippen LogP contribution in [0.4, 0.5) is 0 Å². The van der Waals surface area contributed by atoms with Gasteiger partial charge in [0.15, 0.2) is 12.2 Å². The van der Waals surface area contributed by atoms with Crippen LogP contribution in [0.2, 0.25) is 0 Å². The molecule has 548 valence electrons. The molecule has 0 spiro atoms. The zero-order valence-corrected chi connectivity index (χ0v) is 61.7. The van der Waals surface area contributed by atoms with E-state index in [0.717, 1.165) is 121 Å². The second kappa shape index (κ2) is 66.8. The number of aliphatic hydroxyl groups is 1. The molecular weight excluding hydrogens is 1220 g/mol. The van der Waals surface area contributed by atoms with Crippen molar-refractivity contribution in [1.82, 2.24) is 0 Å². The van der Waals surface area contributed by atoms with Crippen molar-refractivity contribution in [3.63, 3.8) is 0 Å². The number of phosphoric ester groups is 2. The summed E-state index contributed by atoms with van der Waals surface area (Å²) in [6.45, 7) is 7.15. The van der Waals surface area contributed by atoms with Gasteiger partial charge in [0, 0.05) is 25.7 Å². The molecule has 5 atom stereocenters. The van der Waals surface area contributed by atoms with Crippen molar-refractivity contribution in [2.24, 2.45) is 5.92 Å². The Hall–Kier alpha value is -2.46. The van der Waals surface area contributed by atoms with Gasteiger partial charge in [0.1, 0.15) is 19.3 Å². The fourth-order valence-electron chi connectivity index (χ4n) is 10.8. The second-order valence-electron chi connectivity index (χ2n) is 26.5. The van der Waals surface area contributed by atoms with Crippen molar-refractivity contribution in [2.45, 2.75) is 380 Å². The predicted octanol–water partition coefficient (Wildman–Crippen LogP) is 21.2. The maximum atomic E-state index is 13.0. The zero-order valence-electron chi connectivity index (χ0n) is 59.9. The number of carbonyl (C=O) groups excluding carboxylic acids is 4. The number of phosphoric acid groups is 2. The van der Waals surface area contributed by atoms with Gasteiger partial charge in [-0.2, -0.15) is 0 Å². The van der Waals surface area contributed by atoms with Gasteiger partial charge in [0.25, 0.3) is 0 Å². The van der Waals surface area contributed by atoms with Gasteiger partial charge in [-0.05, 0) is 57.3 Å². The van der Waals surface area contributed by atoms with E-state index in [0.29, 0.717) is 25.7 Å². The average molecular weight is 1360 g/mol. The Balaban J connectivity index is 5.18. The fraction of sp³-hybridized carbons (Fsp3) is 0.892. The number of carbonyl (C=O) groups is 4. The van der Waals surface area contributed by atoms with E-state index in [-0.39, 0.29) is 25.7 Å². The lowest BCUT2D eigenvalue weighted by Gasteiger charge is -2.21. The molecule has 0 amide bonds. The lowest BCUT2D eigenvalue weighted by molar-refractivity contribution is -0.161. The van der Waals surface area contributed by atoms with E-state index in [2.05, 4.69) is 58.9 Å². The molecule has 0 aliphatic carbocycles. The smallest absolute Gasteiger partial charge is 0.462 e. The summed E-state index contributed by atoms with van der Waals surface area (Å²) in [5.74, 6) is -1.36. The topological polar surface area (TPSA) is 237 Å². The molecule has 0 rings (SSSR count). The van der Waals surface area contributed by atoms with Crippen LogP contribution in [0.25, 0.3) is 0 Å². The normalized spacial score (nSPS) is 14.2. The largest absolute Gasteiger partial charge is 0.472 e. The molecule has 93 heavy (non-hydrogen) atoms. The van der Waals surface area contributed by atoms with Gasteiger partial charge >= 0.3 is 39.5 Å². The molecular formula is C74H140O17P2. The van der Waals surface area contributed by atoms with Crippen LogP contribution in [-0.4, -0.2) is 96.7 Å². The highest BCUT2D eigenvalue weighted by atomic mass is 31.2. The number of aliphatic hydroxyl groups excluding tert-OH is 1. The Bertz CT molecular complexity index is 1880. The number of hydrogen-bond donors (Lipinski definition) is 3. The zero-order chi connectivity index (χ0) is 68.4. The van der Waals surface area contributed by atoms with Crippen LogP contribution in [0.5, 0.6) is 0 Å². The summed E-state index contributed by atoms with van der Waals surface area (Å²) in [6, 6.07) is 0. The lowest BCUT2D eigenvalue weighted by Crippen LogP contribution is -2.30. The second-order valence-corrected chi connectivity index (χ2v) is 29.4. The Morgan fingerprint density at radius 3 is 0.882 bits per heavy atom. The minimum Gasteiger partial charge on any atom is -0.462 e. The first kappa shape index (κ1) is 90.5. The monoisotopic (exact) mass is 1360 g/mol. The van der Waals surface area contributed by atoms with Crippen LogP contribution < -0.4 is 0 Å². The third kappa shape index (κ3) is 67.9. The maximum Gasteiger partial charge on any atom is 0.472 e. The van der Waals surface area contributed by atoms with E-state index >= 15 is 0 Å². The van der Waals surface area contributed by atoms with Gasteiger partial charge in [-0.3, -0.25) is 37.3 Å². The molecule has 0 aromatic heterocycles. The fourth-order valence-corrected chi connectivity index (χ4v) is 12.4. The summed E-state index contributed by atoms with van der Waals surface area (Å²) in [6.07, 6.45) is 58.0. The Morgan fingerprint density at radius 1 is 0.333 bits per heavy atom. The van der Waals surface area contributed by atoms with Crippen molar-refractivity contribution in [2.75, 3.05) is 39.6 Å². The maximum absolute atomic E-state index is 13.0. The molecule has 17 nitrogen and oxygen atoms in total. The van der Waals surface area contributed by atoms with Gasteiger partial charge in [0.2, 0.25) is 0 Å². The summed E-state index contributed by atoms with van der Waals surface area (Å²) in [5.41, 5.74) is 0. The van der Waals surface area contributed by atoms with Gasteiger partial charge in [-0.1, -0.05) is 309 Å². The van der Waals surface area contributed by atoms with Crippen LogP contribution in [0.1, 0.15) is 362 Å². The number of esters is 4. The molecule has 3 N–H and O–H groups in total. The number of rotatable bonds is 72. The van der Waals surface area contributed by atoms with Crippen LogP contribution in [0.15, 0.2) is 24.3 Å². The minimum absolute atomic E-state index is 0.101. The molecule has 0 aromatic rings. The molecule has 0 heterocycles. The summed E-state index contributed by atoms with van der Waals surface area (Å²) in [7, 11) is -9.91. The molecule has 0 radical (unpaired) electrons. The quantitative estimate of drug-likeness (QED) is 0.0169. The van der Waals surface area contributed by atoms with E-state index in [9.17, 15) is 43.2 Å². The first-order valence-corrected chi connectivity index (χ1v) is 40.9. The molecule has 0 bridgehead atoms. The van der Waals surface area contributed by atoms with Gasteiger partial charge in [-0.25, -0.2) is 9.13 Å². The van der Waals surface area contributed by atoms with Crippen molar-refractivity contribution >= 4 is 39.5 Å². The number of unbranched alkanes of at least 4 members (excludes halogenated alkanes) is 41. The van der Waals surface area contributed by atoms with Crippen LogP contribution in [0, 0.1) is 5.92 Å². The Kier molecular flexibility index (Phi) is 65.0. The third-order valence-electron chi connectivity index (χ3n) is 16.7. The number of hydrogen-bond acceptors (Lipinski definition) is 15. The van der Waals surface area contributed by atoms with E-state index in [4.69, 9.17) is 37.0 Å². The van der Waals surface area contributed by atoms with Crippen molar-refractivity contribution < 1.29 is 80.2 Å². The van der Waals surface area contributed by atoms with E-state index in [1.807, 2.05) is 0 Å². The summed E-state index contributed by atoms with van der Waals surface area (Å²) < 4.78 is 68.2. The van der Waals surface area contributed by atoms with Crippen molar-refractivity contribution in [3.8, 4) is 0 Å². The molecule has 0 saturated heterocycles. The summed E-state index contributed by atoms with van der Waals surface area (Å²) in [4.78, 5) is 72.4. The third-order valence-corrected chi connectivity index (χ3v) is 18.6. The van der Waals surface area contributed by atoms with E-state index in [1.165, 1.54) is 161 Å². The van der Waals surface area contributed by atoms with Crippen molar-refractivity contribution in [1.29, 1.82) is 0 Å². The highest BCUT2D eigenvalue weighted by Crippen LogP contribution is 2.45. The minimum atomic E-state index is -4.96. The van der Waals surface area contributed by atoms with Gasteiger partial charge < -0.3 is 33.8 Å². The van der Waals surface area contributed by atoms with Crippen LogP contribution in [-0.2, 0) is 65.4 Å². The van der Waals surface area contributed by atoms with Crippen LogP contribution in [0.3, 0.4) is 0 Å². The molecule has 19 heteroatoms. The molecule has 0 fully saturated rings. The average Bonchev–Trinajstić information content (AvgIpc) is 1.85. The highest BCUT2D eigenvalue weighted by Gasteiger charge is 2.30. The molecule has 2 unspecified atom stereocenters. The molecule has 0 saturated carbocycles. The lowest BCUT2D eigenvalue weighted by atomic mass is 10.0. The number of ether oxygens (including phenoxy) is 4. The Labute approximate surface area is 567 Å². The standard InChI is InChI=1S/C74H140O17P2/c1-6-9-12-15-17-19-21-23-26-31-35-39-43-48-53-58-72(77)85-64-70(91-74(79)60-55-50-45-41-37-33-29-25-28-30-34-38-42-47-51-56-67(4)5)66-89-93(82,83)87-62-68(75)61-86-92(80,81)88-65-69(63-84-71(76)57-52-46-14-11-8-3)90-73(78)59-54-49-44-40-36-32-27-24-22-20-18-16-13-10-7-2/h19,21,23,26,67-70,75H,6-18,20,22,24-25,27-66H2,1-5H3,(H,80,81)(H,82,83)/b21-19-,26-23-/t68-,69+,70+/m0/s1. The summed E-state index contributed by atoms with van der Waals surface area (Å²) >= 11 is 0. The Morgan fingerprint density at radius 2 is 0.581 bits per heavy atom. The predicted molar refractivity (Wildman–Crippen MR) is 377 cm³/mol.